The molecule has 0 aromatic rings. The lowest BCUT2D eigenvalue weighted by Gasteiger charge is -2.33. The SMILES string of the molecule is CCNC(CN1CCN(C)C1=O)C1CCCCC1. The third-order valence-electron chi connectivity index (χ3n) is 4.40. The second-order valence-corrected chi connectivity index (χ2v) is 5.71. The number of carbonyl (C=O) groups excluding carboxylic acids is 1. The molecule has 1 heterocycles. The van der Waals surface area contributed by atoms with Crippen molar-refractivity contribution in [2.75, 3.05) is 33.2 Å². The van der Waals surface area contributed by atoms with Crippen molar-refractivity contribution < 1.29 is 4.79 Å². The molecule has 2 rings (SSSR count). The van der Waals surface area contributed by atoms with Crippen LogP contribution in [0.3, 0.4) is 0 Å². The Labute approximate surface area is 111 Å². The van der Waals surface area contributed by atoms with Crippen molar-refractivity contribution >= 4 is 6.03 Å². The fourth-order valence-corrected chi connectivity index (χ4v) is 3.29. The number of rotatable bonds is 5. The lowest BCUT2D eigenvalue weighted by Crippen LogP contribution is -2.47. The van der Waals surface area contributed by atoms with Gasteiger partial charge in [0.05, 0.1) is 0 Å². The van der Waals surface area contributed by atoms with E-state index in [-0.39, 0.29) is 6.03 Å². The van der Waals surface area contributed by atoms with Crippen LogP contribution in [-0.4, -0.2) is 55.1 Å². The summed E-state index contributed by atoms with van der Waals surface area (Å²) in [5, 5.41) is 3.60. The van der Waals surface area contributed by atoms with E-state index < -0.39 is 0 Å². The summed E-state index contributed by atoms with van der Waals surface area (Å²) >= 11 is 0. The predicted octanol–water partition coefficient (Wildman–Crippen LogP) is 1.91. The average molecular weight is 253 g/mol. The van der Waals surface area contributed by atoms with Crippen LogP contribution < -0.4 is 5.32 Å². The standard InChI is InChI=1S/C14H27N3O/c1-3-15-13(12-7-5-4-6-8-12)11-17-10-9-16(2)14(17)18/h12-13,15H,3-11H2,1-2H3. The van der Waals surface area contributed by atoms with Gasteiger partial charge < -0.3 is 15.1 Å². The Morgan fingerprint density at radius 3 is 2.56 bits per heavy atom. The maximum absolute atomic E-state index is 12.0. The first-order valence-electron chi connectivity index (χ1n) is 7.45. The van der Waals surface area contributed by atoms with Gasteiger partial charge in [-0.2, -0.15) is 0 Å². The van der Waals surface area contributed by atoms with Gasteiger partial charge in [-0.25, -0.2) is 4.79 Å². The Morgan fingerprint density at radius 1 is 1.28 bits per heavy atom. The summed E-state index contributed by atoms with van der Waals surface area (Å²) in [7, 11) is 1.89. The van der Waals surface area contributed by atoms with Crippen molar-refractivity contribution in [3.8, 4) is 0 Å². The average Bonchev–Trinajstić information content (AvgIpc) is 2.71. The first-order valence-corrected chi connectivity index (χ1v) is 7.45. The zero-order valence-electron chi connectivity index (χ0n) is 11.8. The summed E-state index contributed by atoms with van der Waals surface area (Å²) in [6, 6.07) is 0.694. The first-order chi connectivity index (χ1) is 8.72. The van der Waals surface area contributed by atoms with Crippen LogP contribution in [0.1, 0.15) is 39.0 Å². The van der Waals surface area contributed by atoms with E-state index in [2.05, 4.69) is 12.2 Å². The number of carbonyl (C=O) groups is 1. The number of amides is 2. The minimum atomic E-state index is 0.203. The highest BCUT2D eigenvalue weighted by molar-refractivity contribution is 5.76. The van der Waals surface area contributed by atoms with E-state index in [1.807, 2.05) is 16.8 Å². The molecule has 1 aliphatic heterocycles. The van der Waals surface area contributed by atoms with Gasteiger partial charge in [-0.1, -0.05) is 26.2 Å². The molecule has 18 heavy (non-hydrogen) atoms. The number of nitrogens with one attached hydrogen (secondary N) is 1. The van der Waals surface area contributed by atoms with E-state index in [4.69, 9.17) is 0 Å². The number of hydrogen-bond acceptors (Lipinski definition) is 2. The molecule has 2 fully saturated rings. The minimum Gasteiger partial charge on any atom is -0.326 e. The minimum absolute atomic E-state index is 0.203. The van der Waals surface area contributed by atoms with Gasteiger partial charge in [0.15, 0.2) is 0 Å². The summed E-state index contributed by atoms with van der Waals surface area (Å²) in [6.07, 6.45) is 6.77. The van der Waals surface area contributed by atoms with E-state index >= 15 is 0 Å². The highest BCUT2D eigenvalue weighted by Gasteiger charge is 2.30. The van der Waals surface area contributed by atoms with Crippen LogP contribution in [0.4, 0.5) is 4.79 Å². The second kappa shape index (κ2) is 6.41. The molecule has 2 aliphatic rings. The largest absolute Gasteiger partial charge is 0.326 e. The third kappa shape index (κ3) is 3.16. The third-order valence-corrected chi connectivity index (χ3v) is 4.40. The number of likely N-dealkylation sites (N-methyl/N-ethyl adjacent to an activating group) is 2. The lowest BCUT2D eigenvalue weighted by atomic mass is 9.83. The Bertz CT molecular complexity index is 276. The molecular weight excluding hydrogens is 226 g/mol. The van der Waals surface area contributed by atoms with Crippen molar-refractivity contribution in [3.63, 3.8) is 0 Å². The molecule has 0 aromatic heterocycles. The molecule has 1 saturated carbocycles. The van der Waals surface area contributed by atoms with Crippen LogP contribution in [0.5, 0.6) is 0 Å². The van der Waals surface area contributed by atoms with E-state index in [1.54, 1.807) is 0 Å². The fraction of sp³-hybridized carbons (Fsp3) is 0.929. The normalized spacial score (nSPS) is 23.8. The van der Waals surface area contributed by atoms with Gasteiger partial charge in [0.25, 0.3) is 0 Å². The highest BCUT2D eigenvalue weighted by Crippen LogP contribution is 2.27. The molecule has 4 heteroatoms. The predicted molar refractivity (Wildman–Crippen MR) is 73.6 cm³/mol. The Kier molecular flexibility index (Phi) is 4.87. The molecular formula is C14H27N3O. The molecule has 1 aliphatic carbocycles. The van der Waals surface area contributed by atoms with E-state index in [1.165, 1.54) is 32.1 Å². The molecule has 1 saturated heterocycles. The van der Waals surface area contributed by atoms with Crippen molar-refractivity contribution in [2.24, 2.45) is 5.92 Å². The summed E-state index contributed by atoms with van der Waals surface area (Å²) in [5.74, 6) is 0.761. The van der Waals surface area contributed by atoms with E-state index in [0.29, 0.717) is 6.04 Å². The number of nitrogens with zero attached hydrogens (tertiary/aromatic N) is 2. The van der Waals surface area contributed by atoms with Crippen LogP contribution in [0.25, 0.3) is 0 Å². The molecule has 1 N–H and O–H groups in total. The summed E-state index contributed by atoms with van der Waals surface area (Å²) in [5.41, 5.74) is 0. The van der Waals surface area contributed by atoms with Gasteiger partial charge in [0.2, 0.25) is 0 Å². The van der Waals surface area contributed by atoms with Crippen LogP contribution in [0.2, 0.25) is 0 Å². The summed E-state index contributed by atoms with van der Waals surface area (Å²) < 4.78 is 0. The first kappa shape index (κ1) is 13.7. The van der Waals surface area contributed by atoms with E-state index in [0.717, 1.165) is 32.1 Å². The Hall–Kier alpha value is -0.770. The number of urea groups is 1. The highest BCUT2D eigenvalue weighted by atomic mass is 16.2. The molecule has 0 aromatic carbocycles. The van der Waals surface area contributed by atoms with Gasteiger partial charge in [0, 0.05) is 32.7 Å². The molecule has 4 nitrogen and oxygen atoms in total. The van der Waals surface area contributed by atoms with Gasteiger partial charge in [0.1, 0.15) is 0 Å². The fourth-order valence-electron chi connectivity index (χ4n) is 3.29. The van der Waals surface area contributed by atoms with Crippen LogP contribution in [0.15, 0.2) is 0 Å². The zero-order chi connectivity index (χ0) is 13.0. The molecule has 104 valence electrons. The Balaban J connectivity index is 1.91. The van der Waals surface area contributed by atoms with Gasteiger partial charge in [-0.15, -0.1) is 0 Å². The molecule has 1 unspecified atom stereocenters. The molecule has 2 amide bonds. The van der Waals surface area contributed by atoms with Crippen molar-refractivity contribution in [1.82, 2.24) is 15.1 Å². The second-order valence-electron chi connectivity index (χ2n) is 5.71. The molecule has 0 bridgehead atoms. The molecule has 0 radical (unpaired) electrons. The lowest BCUT2D eigenvalue weighted by molar-refractivity contribution is 0.179. The monoisotopic (exact) mass is 253 g/mol. The Morgan fingerprint density at radius 2 is 2.00 bits per heavy atom. The van der Waals surface area contributed by atoms with Crippen molar-refractivity contribution in [2.45, 2.75) is 45.1 Å². The zero-order valence-corrected chi connectivity index (χ0v) is 11.8. The topological polar surface area (TPSA) is 35.6 Å². The van der Waals surface area contributed by atoms with Crippen molar-refractivity contribution in [1.29, 1.82) is 0 Å². The van der Waals surface area contributed by atoms with E-state index in [9.17, 15) is 4.79 Å². The summed E-state index contributed by atoms with van der Waals surface area (Å²) in [6.45, 7) is 5.82. The van der Waals surface area contributed by atoms with Gasteiger partial charge in [-0.05, 0) is 25.3 Å². The van der Waals surface area contributed by atoms with Crippen molar-refractivity contribution in [3.05, 3.63) is 0 Å². The van der Waals surface area contributed by atoms with Crippen LogP contribution in [-0.2, 0) is 0 Å². The summed E-state index contributed by atoms with van der Waals surface area (Å²) in [4.78, 5) is 15.8. The van der Waals surface area contributed by atoms with Gasteiger partial charge in [-0.3, -0.25) is 0 Å². The maximum Gasteiger partial charge on any atom is 0.319 e. The maximum atomic E-state index is 12.0. The molecule has 1 atom stereocenters. The quantitative estimate of drug-likeness (QED) is 0.812. The number of hydrogen-bond donors (Lipinski definition) is 1. The van der Waals surface area contributed by atoms with Gasteiger partial charge >= 0.3 is 6.03 Å². The van der Waals surface area contributed by atoms with Crippen LogP contribution >= 0.6 is 0 Å². The smallest absolute Gasteiger partial charge is 0.319 e. The molecule has 0 spiro atoms. The van der Waals surface area contributed by atoms with Crippen LogP contribution in [0, 0.1) is 5.92 Å².